The summed E-state index contributed by atoms with van der Waals surface area (Å²) >= 11 is 8.82. The fourth-order valence-corrected chi connectivity index (χ4v) is 3.02. The van der Waals surface area contributed by atoms with Gasteiger partial charge in [0.15, 0.2) is 0 Å². The lowest BCUT2D eigenvalue weighted by atomic mass is 10.4. The molecule has 0 atom stereocenters. The third kappa shape index (κ3) is 2.98. The van der Waals surface area contributed by atoms with Crippen molar-refractivity contribution in [3.63, 3.8) is 0 Å². The molecule has 0 saturated heterocycles. The van der Waals surface area contributed by atoms with Crippen molar-refractivity contribution in [2.24, 2.45) is 0 Å². The molecular weight excluding hydrogens is 342 g/mol. The van der Waals surface area contributed by atoms with Crippen LogP contribution in [-0.2, 0) is 10.0 Å². The summed E-state index contributed by atoms with van der Waals surface area (Å²) in [6.07, 6.45) is 2.88. The van der Waals surface area contributed by atoms with E-state index in [0.29, 0.717) is 10.3 Å². The predicted molar refractivity (Wildman–Crippen MR) is 72.0 cm³/mol. The van der Waals surface area contributed by atoms with E-state index in [-0.39, 0.29) is 10.0 Å². The van der Waals surface area contributed by atoms with E-state index in [0.717, 1.165) is 0 Å². The van der Waals surface area contributed by atoms with E-state index < -0.39 is 10.0 Å². The first-order valence-corrected chi connectivity index (χ1v) is 7.39. The van der Waals surface area contributed by atoms with Crippen molar-refractivity contribution in [1.82, 2.24) is 9.97 Å². The minimum absolute atomic E-state index is 0.0400. The number of nitrogens with one attached hydrogen (secondary N) is 1. The molecule has 5 nitrogen and oxygen atoms in total. The van der Waals surface area contributed by atoms with Crippen molar-refractivity contribution in [2.45, 2.75) is 4.90 Å². The minimum atomic E-state index is -3.70. The van der Waals surface area contributed by atoms with Crippen LogP contribution in [-0.4, -0.2) is 18.4 Å². The number of aromatic nitrogens is 2. The van der Waals surface area contributed by atoms with Gasteiger partial charge in [-0.1, -0.05) is 11.6 Å². The summed E-state index contributed by atoms with van der Waals surface area (Å²) in [6, 6.07) is 5.85. The van der Waals surface area contributed by atoms with Gasteiger partial charge in [-0.15, -0.1) is 0 Å². The van der Waals surface area contributed by atoms with Gasteiger partial charge in [0.1, 0.15) is 9.76 Å². The van der Waals surface area contributed by atoms with Crippen LogP contribution in [0.3, 0.4) is 0 Å². The summed E-state index contributed by atoms with van der Waals surface area (Å²) in [4.78, 5) is 7.70. The van der Waals surface area contributed by atoms with Crippen LogP contribution in [0.1, 0.15) is 0 Å². The van der Waals surface area contributed by atoms with Gasteiger partial charge in [0.2, 0.25) is 0 Å². The van der Waals surface area contributed by atoms with Crippen LogP contribution in [0.2, 0.25) is 5.15 Å². The van der Waals surface area contributed by atoms with Gasteiger partial charge in [-0.05, 0) is 40.2 Å². The zero-order chi connectivity index (χ0) is 13.2. The molecule has 2 aromatic rings. The van der Waals surface area contributed by atoms with Crippen LogP contribution in [0, 0.1) is 0 Å². The zero-order valence-electron chi connectivity index (χ0n) is 8.84. The molecule has 0 aliphatic heterocycles. The second-order valence-corrected chi connectivity index (χ2v) is 6.08. The lowest BCUT2D eigenvalue weighted by Gasteiger charge is -2.08. The monoisotopic (exact) mass is 347 g/mol. The van der Waals surface area contributed by atoms with Crippen LogP contribution in [0.15, 0.2) is 46.2 Å². The number of rotatable bonds is 3. The predicted octanol–water partition coefficient (Wildman–Crippen LogP) is 2.69. The lowest BCUT2D eigenvalue weighted by Crippen LogP contribution is -2.13. The van der Waals surface area contributed by atoms with E-state index in [1.54, 1.807) is 18.3 Å². The van der Waals surface area contributed by atoms with Crippen LogP contribution in [0.4, 0.5) is 5.69 Å². The normalized spacial score (nSPS) is 11.2. The molecule has 1 N–H and O–H groups in total. The Labute approximate surface area is 117 Å². The van der Waals surface area contributed by atoms with Gasteiger partial charge < -0.3 is 0 Å². The van der Waals surface area contributed by atoms with Crippen molar-refractivity contribution in [1.29, 1.82) is 0 Å². The van der Waals surface area contributed by atoms with Crippen molar-refractivity contribution >= 4 is 43.2 Å². The zero-order valence-corrected chi connectivity index (χ0v) is 12.0. The van der Waals surface area contributed by atoms with Gasteiger partial charge in [-0.2, -0.15) is 0 Å². The van der Waals surface area contributed by atoms with Crippen LogP contribution in [0.25, 0.3) is 0 Å². The van der Waals surface area contributed by atoms with Crippen molar-refractivity contribution in [2.75, 3.05) is 4.72 Å². The SMILES string of the molecule is O=S(=O)(Nc1cccnc1Br)c1ccnc(Cl)c1. The Balaban J connectivity index is 2.37. The van der Waals surface area contributed by atoms with Gasteiger partial charge in [-0.3, -0.25) is 4.72 Å². The molecule has 0 fully saturated rings. The third-order valence-electron chi connectivity index (χ3n) is 2.01. The topological polar surface area (TPSA) is 72.0 Å². The summed E-state index contributed by atoms with van der Waals surface area (Å²) in [6.45, 7) is 0. The number of anilines is 1. The Hall–Kier alpha value is -1.18. The second-order valence-electron chi connectivity index (χ2n) is 3.26. The average Bonchev–Trinajstić information content (AvgIpc) is 2.32. The highest BCUT2D eigenvalue weighted by atomic mass is 79.9. The number of halogens is 2. The molecule has 8 heteroatoms. The molecule has 0 radical (unpaired) electrons. The number of pyridine rings is 2. The summed E-state index contributed by atoms with van der Waals surface area (Å²) in [5.74, 6) is 0. The van der Waals surface area contributed by atoms with Crippen molar-refractivity contribution < 1.29 is 8.42 Å². The van der Waals surface area contributed by atoms with E-state index in [1.165, 1.54) is 18.3 Å². The maximum atomic E-state index is 12.1. The van der Waals surface area contributed by atoms with Gasteiger partial charge in [-0.25, -0.2) is 18.4 Å². The Morgan fingerprint density at radius 3 is 2.67 bits per heavy atom. The Kier molecular flexibility index (Phi) is 3.84. The fraction of sp³-hybridized carbons (Fsp3) is 0. The number of nitrogens with zero attached hydrogens (tertiary/aromatic N) is 2. The summed E-state index contributed by atoms with van der Waals surface area (Å²) < 4.78 is 26.9. The Morgan fingerprint density at radius 1 is 1.22 bits per heavy atom. The standard InChI is InChI=1S/C10H7BrClN3O2S/c11-10-8(2-1-4-14-10)15-18(16,17)7-3-5-13-9(12)6-7/h1-6,15H. The van der Waals surface area contributed by atoms with Gasteiger partial charge in [0, 0.05) is 12.4 Å². The van der Waals surface area contributed by atoms with E-state index in [4.69, 9.17) is 11.6 Å². The molecule has 0 amide bonds. The molecule has 0 bridgehead atoms. The third-order valence-corrected chi connectivity index (χ3v) is 4.21. The number of hydrogen-bond acceptors (Lipinski definition) is 4. The molecular formula is C10H7BrClN3O2S. The summed E-state index contributed by atoms with van der Waals surface area (Å²) in [5, 5.41) is 0.114. The van der Waals surface area contributed by atoms with Crippen LogP contribution < -0.4 is 4.72 Å². The molecule has 94 valence electrons. The van der Waals surface area contributed by atoms with Crippen LogP contribution in [0.5, 0.6) is 0 Å². The quantitative estimate of drug-likeness (QED) is 0.866. The lowest BCUT2D eigenvalue weighted by molar-refractivity contribution is 0.601. The minimum Gasteiger partial charge on any atom is -0.277 e. The highest BCUT2D eigenvalue weighted by molar-refractivity contribution is 9.10. The first kappa shape index (κ1) is 13.3. The molecule has 0 spiro atoms. The first-order chi connectivity index (χ1) is 8.49. The second kappa shape index (κ2) is 5.21. The van der Waals surface area contributed by atoms with Crippen molar-refractivity contribution in [3.05, 3.63) is 46.4 Å². The molecule has 0 aliphatic rings. The molecule has 18 heavy (non-hydrogen) atoms. The van der Waals surface area contributed by atoms with Gasteiger partial charge >= 0.3 is 0 Å². The summed E-state index contributed by atoms with van der Waals surface area (Å²) in [5.41, 5.74) is 0.352. The number of hydrogen-bond donors (Lipinski definition) is 1. The highest BCUT2D eigenvalue weighted by Gasteiger charge is 2.16. The fourth-order valence-electron chi connectivity index (χ4n) is 1.22. The van der Waals surface area contributed by atoms with E-state index in [2.05, 4.69) is 30.6 Å². The van der Waals surface area contributed by atoms with E-state index >= 15 is 0 Å². The van der Waals surface area contributed by atoms with Crippen LogP contribution >= 0.6 is 27.5 Å². The smallest absolute Gasteiger partial charge is 0.262 e. The van der Waals surface area contributed by atoms with Crippen molar-refractivity contribution in [3.8, 4) is 0 Å². The van der Waals surface area contributed by atoms with Gasteiger partial charge in [0.25, 0.3) is 10.0 Å². The molecule has 2 aromatic heterocycles. The highest BCUT2D eigenvalue weighted by Crippen LogP contribution is 2.22. The maximum Gasteiger partial charge on any atom is 0.262 e. The largest absolute Gasteiger partial charge is 0.277 e. The average molecular weight is 349 g/mol. The van der Waals surface area contributed by atoms with E-state index in [9.17, 15) is 8.42 Å². The maximum absolute atomic E-state index is 12.1. The number of sulfonamides is 1. The molecule has 0 aromatic carbocycles. The summed E-state index contributed by atoms with van der Waals surface area (Å²) in [7, 11) is -3.70. The Bertz CT molecular complexity index is 678. The molecule has 0 saturated carbocycles. The molecule has 0 aliphatic carbocycles. The van der Waals surface area contributed by atoms with E-state index in [1.807, 2.05) is 0 Å². The molecule has 2 heterocycles. The molecule has 0 unspecified atom stereocenters. The molecule has 2 rings (SSSR count). The van der Waals surface area contributed by atoms with Gasteiger partial charge in [0.05, 0.1) is 10.6 Å². The Morgan fingerprint density at radius 2 is 2.00 bits per heavy atom. The first-order valence-electron chi connectivity index (χ1n) is 4.74.